The predicted molar refractivity (Wildman–Crippen MR) is 73.6 cm³/mol. The number of nitrogens with two attached hydrogens (primary N) is 1. The van der Waals surface area contributed by atoms with Crippen molar-refractivity contribution in [2.24, 2.45) is 5.73 Å². The van der Waals surface area contributed by atoms with Gasteiger partial charge < -0.3 is 15.5 Å². The zero-order chi connectivity index (χ0) is 13.0. The zero-order valence-corrected chi connectivity index (χ0v) is 11.5. The van der Waals surface area contributed by atoms with E-state index in [9.17, 15) is 4.79 Å². The van der Waals surface area contributed by atoms with Crippen LogP contribution in [0, 0.1) is 0 Å². The van der Waals surface area contributed by atoms with Crippen LogP contribution in [0.15, 0.2) is 16.5 Å². The van der Waals surface area contributed by atoms with Crippen molar-refractivity contribution in [2.45, 2.75) is 44.0 Å². The fraction of sp³-hybridized carbons (Fsp3) is 0.615. The van der Waals surface area contributed by atoms with Crippen LogP contribution in [0.2, 0.25) is 0 Å². The lowest BCUT2D eigenvalue weighted by molar-refractivity contribution is 0.0908. The molecule has 0 aliphatic heterocycles. The lowest BCUT2D eigenvalue weighted by Gasteiger charge is -2.11. The van der Waals surface area contributed by atoms with E-state index in [1.807, 2.05) is 11.8 Å². The Morgan fingerprint density at radius 2 is 2.39 bits per heavy atom. The first-order chi connectivity index (χ1) is 8.72. The highest BCUT2D eigenvalue weighted by Crippen LogP contribution is 2.29. The van der Waals surface area contributed by atoms with Crippen LogP contribution in [0.1, 0.15) is 42.5 Å². The Kier molecular flexibility index (Phi) is 4.72. The molecule has 1 aliphatic rings. The molecular formula is C13H20N2O2S. The third-order valence-electron chi connectivity index (χ3n) is 3.21. The van der Waals surface area contributed by atoms with E-state index >= 15 is 0 Å². The van der Waals surface area contributed by atoms with Crippen molar-refractivity contribution >= 4 is 17.7 Å². The molecule has 2 unspecified atom stereocenters. The smallest absolute Gasteiger partial charge is 0.287 e. The van der Waals surface area contributed by atoms with Gasteiger partial charge in [0.1, 0.15) is 5.76 Å². The average Bonchev–Trinajstić information content (AvgIpc) is 2.98. The molecule has 5 heteroatoms. The van der Waals surface area contributed by atoms with Crippen LogP contribution < -0.4 is 11.1 Å². The molecule has 2 atom stereocenters. The second-order valence-corrected chi connectivity index (χ2v) is 6.11. The molecular weight excluding hydrogens is 248 g/mol. The fourth-order valence-electron chi connectivity index (χ4n) is 2.32. The van der Waals surface area contributed by atoms with Gasteiger partial charge in [-0.2, -0.15) is 11.8 Å². The van der Waals surface area contributed by atoms with Crippen LogP contribution >= 0.6 is 11.8 Å². The highest BCUT2D eigenvalue weighted by atomic mass is 32.2. The number of carbonyl (C=O) groups excluding carboxylic acids is 1. The van der Waals surface area contributed by atoms with Gasteiger partial charge in [0.2, 0.25) is 0 Å². The molecule has 1 saturated carbocycles. The molecule has 0 spiro atoms. The molecule has 4 nitrogen and oxygen atoms in total. The number of rotatable bonds is 5. The van der Waals surface area contributed by atoms with Crippen molar-refractivity contribution in [1.29, 1.82) is 0 Å². The maximum absolute atomic E-state index is 11.9. The predicted octanol–water partition coefficient (Wildman–Crippen LogP) is 2.14. The maximum Gasteiger partial charge on any atom is 0.287 e. The van der Waals surface area contributed by atoms with Crippen LogP contribution in [0.25, 0.3) is 0 Å². The van der Waals surface area contributed by atoms with E-state index in [0.717, 1.165) is 18.6 Å². The Balaban J connectivity index is 1.84. The second-order valence-electron chi connectivity index (χ2n) is 4.53. The molecule has 1 amide bonds. The largest absolute Gasteiger partial charge is 0.455 e. The van der Waals surface area contributed by atoms with Crippen molar-refractivity contribution in [2.75, 3.05) is 5.75 Å². The summed E-state index contributed by atoms with van der Waals surface area (Å²) in [5.74, 6) is 2.03. The minimum atomic E-state index is -0.123. The highest BCUT2D eigenvalue weighted by Gasteiger charge is 2.26. The van der Waals surface area contributed by atoms with Gasteiger partial charge in [0.05, 0.1) is 6.54 Å². The molecule has 0 radical (unpaired) electrons. The Bertz CT molecular complexity index is 405. The zero-order valence-electron chi connectivity index (χ0n) is 10.6. The van der Waals surface area contributed by atoms with Crippen molar-refractivity contribution in [3.8, 4) is 0 Å². The second kappa shape index (κ2) is 6.29. The normalized spacial score (nSPS) is 23.2. The Labute approximate surface area is 112 Å². The summed E-state index contributed by atoms with van der Waals surface area (Å²) in [6, 6.07) is 3.72. The van der Waals surface area contributed by atoms with Gasteiger partial charge in [0, 0.05) is 11.3 Å². The van der Waals surface area contributed by atoms with E-state index in [0.29, 0.717) is 23.3 Å². The van der Waals surface area contributed by atoms with Crippen LogP contribution in [-0.4, -0.2) is 23.0 Å². The summed E-state index contributed by atoms with van der Waals surface area (Å²) in [7, 11) is 0. The third kappa shape index (κ3) is 3.29. The van der Waals surface area contributed by atoms with Gasteiger partial charge in [-0.15, -0.1) is 0 Å². The summed E-state index contributed by atoms with van der Waals surface area (Å²) in [6.45, 7) is 2.50. The first-order valence-corrected chi connectivity index (χ1v) is 7.49. The standard InChI is InChI=1S/C13H20N2O2S/c1-2-18-11-5-3-9(7-11)15-13(16)12-6-4-10(8-14)17-12/h4,6,9,11H,2-3,5,7-8,14H2,1H3,(H,15,16). The van der Waals surface area contributed by atoms with Gasteiger partial charge in [0.15, 0.2) is 5.76 Å². The van der Waals surface area contributed by atoms with E-state index < -0.39 is 0 Å². The molecule has 1 aliphatic carbocycles. The molecule has 0 aromatic carbocycles. The van der Waals surface area contributed by atoms with Gasteiger partial charge in [-0.25, -0.2) is 0 Å². The number of furan rings is 1. The summed E-state index contributed by atoms with van der Waals surface area (Å²) in [5.41, 5.74) is 5.45. The lowest BCUT2D eigenvalue weighted by Crippen LogP contribution is -2.32. The van der Waals surface area contributed by atoms with Crippen LogP contribution in [0.3, 0.4) is 0 Å². The topological polar surface area (TPSA) is 68.3 Å². The molecule has 1 aromatic heterocycles. The maximum atomic E-state index is 11.9. The first-order valence-electron chi connectivity index (χ1n) is 6.44. The number of carbonyl (C=O) groups is 1. The summed E-state index contributed by atoms with van der Waals surface area (Å²) in [6.07, 6.45) is 3.32. The summed E-state index contributed by atoms with van der Waals surface area (Å²) < 4.78 is 5.34. The fourth-order valence-corrected chi connectivity index (χ4v) is 3.47. The van der Waals surface area contributed by atoms with Crippen molar-refractivity contribution in [3.05, 3.63) is 23.7 Å². The lowest BCUT2D eigenvalue weighted by atomic mass is 10.2. The molecule has 1 aromatic rings. The number of hydrogen-bond acceptors (Lipinski definition) is 4. The Morgan fingerprint density at radius 1 is 1.56 bits per heavy atom. The number of thioether (sulfide) groups is 1. The van der Waals surface area contributed by atoms with E-state index in [1.165, 1.54) is 6.42 Å². The minimum absolute atomic E-state index is 0.123. The molecule has 1 heterocycles. The Hall–Kier alpha value is -0.940. The van der Waals surface area contributed by atoms with Crippen molar-refractivity contribution < 1.29 is 9.21 Å². The third-order valence-corrected chi connectivity index (χ3v) is 4.44. The molecule has 100 valence electrons. The van der Waals surface area contributed by atoms with E-state index in [4.69, 9.17) is 10.2 Å². The van der Waals surface area contributed by atoms with Crippen LogP contribution in [-0.2, 0) is 6.54 Å². The summed E-state index contributed by atoms with van der Waals surface area (Å²) in [4.78, 5) is 11.9. The summed E-state index contributed by atoms with van der Waals surface area (Å²) >= 11 is 1.98. The molecule has 3 N–H and O–H groups in total. The Morgan fingerprint density at radius 3 is 3.06 bits per heavy atom. The van der Waals surface area contributed by atoms with Gasteiger partial charge in [0.25, 0.3) is 5.91 Å². The number of amides is 1. The monoisotopic (exact) mass is 268 g/mol. The van der Waals surface area contributed by atoms with Crippen LogP contribution in [0.4, 0.5) is 0 Å². The molecule has 18 heavy (non-hydrogen) atoms. The number of nitrogens with one attached hydrogen (secondary N) is 1. The van der Waals surface area contributed by atoms with Gasteiger partial charge in [-0.3, -0.25) is 4.79 Å². The minimum Gasteiger partial charge on any atom is -0.455 e. The van der Waals surface area contributed by atoms with Crippen LogP contribution in [0.5, 0.6) is 0 Å². The molecule has 2 rings (SSSR count). The van der Waals surface area contributed by atoms with Crippen molar-refractivity contribution in [3.63, 3.8) is 0 Å². The van der Waals surface area contributed by atoms with Gasteiger partial charge in [-0.1, -0.05) is 6.92 Å². The summed E-state index contributed by atoms with van der Waals surface area (Å²) in [5, 5.41) is 3.73. The first kappa shape index (κ1) is 13.5. The van der Waals surface area contributed by atoms with E-state index in [-0.39, 0.29) is 11.9 Å². The molecule has 0 bridgehead atoms. The number of hydrogen-bond donors (Lipinski definition) is 2. The van der Waals surface area contributed by atoms with Gasteiger partial charge in [-0.05, 0) is 37.1 Å². The SMILES string of the molecule is CCSC1CCC(NC(=O)c2ccc(CN)o2)C1. The highest BCUT2D eigenvalue weighted by molar-refractivity contribution is 7.99. The van der Waals surface area contributed by atoms with Crippen molar-refractivity contribution in [1.82, 2.24) is 5.32 Å². The van der Waals surface area contributed by atoms with E-state index in [1.54, 1.807) is 12.1 Å². The average molecular weight is 268 g/mol. The quantitative estimate of drug-likeness (QED) is 0.858. The molecule has 1 fully saturated rings. The van der Waals surface area contributed by atoms with E-state index in [2.05, 4.69) is 12.2 Å². The van der Waals surface area contributed by atoms with Gasteiger partial charge >= 0.3 is 0 Å². The molecule has 0 saturated heterocycles.